The van der Waals surface area contributed by atoms with Gasteiger partial charge in [-0.3, -0.25) is 4.79 Å². The number of carbonyl (C=O) groups is 1. The van der Waals surface area contributed by atoms with Gasteiger partial charge in [0.25, 0.3) is 0 Å². The van der Waals surface area contributed by atoms with Crippen molar-refractivity contribution in [1.82, 2.24) is 0 Å². The van der Waals surface area contributed by atoms with Crippen LogP contribution in [0.25, 0.3) is 0 Å². The molecule has 0 aliphatic rings. The van der Waals surface area contributed by atoms with Gasteiger partial charge in [-0.2, -0.15) is 0 Å². The highest BCUT2D eigenvalue weighted by molar-refractivity contribution is 5.74. The van der Waals surface area contributed by atoms with E-state index >= 15 is 0 Å². The van der Waals surface area contributed by atoms with Crippen LogP contribution < -0.4 is 5.73 Å². The number of hydrogen-bond acceptors (Lipinski definition) is 3. The Labute approximate surface area is 112 Å². The number of nitrogens with two attached hydrogens (primary N) is 1. The SMILES string of the molecule is CCCCCCC(C)(CCC)COC(=O)C(C)N. The minimum Gasteiger partial charge on any atom is -0.464 e. The molecular formula is C15H31NO2. The van der Waals surface area contributed by atoms with E-state index in [2.05, 4.69) is 20.8 Å². The maximum absolute atomic E-state index is 11.4. The van der Waals surface area contributed by atoms with E-state index in [4.69, 9.17) is 10.5 Å². The highest BCUT2D eigenvalue weighted by atomic mass is 16.5. The Bertz CT molecular complexity index is 229. The van der Waals surface area contributed by atoms with E-state index in [0.717, 1.165) is 19.3 Å². The predicted molar refractivity (Wildman–Crippen MR) is 76.4 cm³/mol. The third-order valence-electron chi connectivity index (χ3n) is 3.42. The Morgan fingerprint density at radius 3 is 2.33 bits per heavy atom. The average molecular weight is 257 g/mol. The van der Waals surface area contributed by atoms with Gasteiger partial charge in [0.15, 0.2) is 0 Å². The summed E-state index contributed by atoms with van der Waals surface area (Å²) < 4.78 is 5.31. The van der Waals surface area contributed by atoms with E-state index in [1.165, 1.54) is 25.7 Å². The zero-order chi connectivity index (χ0) is 14.0. The number of carbonyl (C=O) groups excluding carboxylic acids is 1. The fourth-order valence-electron chi connectivity index (χ4n) is 2.23. The first kappa shape index (κ1) is 17.4. The molecule has 3 nitrogen and oxygen atoms in total. The molecule has 0 saturated carbocycles. The molecule has 0 aromatic carbocycles. The molecule has 0 amide bonds. The molecule has 0 heterocycles. The molecule has 0 bridgehead atoms. The number of unbranched alkanes of at least 4 members (excludes halogenated alkanes) is 3. The van der Waals surface area contributed by atoms with E-state index < -0.39 is 6.04 Å². The van der Waals surface area contributed by atoms with Gasteiger partial charge in [0, 0.05) is 5.41 Å². The summed E-state index contributed by atoms with van der Waals surface area (Å²) >= 11 is 0. The summed E-state index contributed by atoms with van der Waals surface area (Å²) in [7, 11) is 0. The summed E-state index contributed by atoms with van der Waals surface area (Å²) in [6.07, 6.45) is 8.40. The average Bonchev–Trinajstić information content (AvgIpc) is 2.32. The molecule has 3 heteroatoms. The van der Waals surface area contributed by atoms with Crippen LogP contribution in [0, 0.1) is 5.41 Å². The number of esters is 1. The summed E-state index contributed by atoms with van der Waals surface area (Å²) in [6.45, 7) is 8.79. The molecule has 0 fully saturated rings. The molecule has 2 atom stereocenters. The lowest BCUT2D eigenvalue weighted by Crippen LogP contribution is -2.33. The zero-order valence-electron chi connectivity index (χ0n) is 12.6. The molecule has 0 aliphatic heterocycles. The molecule has 0 aliphatic carbocycles. The van der Waals surface area contributed by atoms with E-state index in [1.807, 2.05) is 0 Å². The lowest BCUT2D eigenvalue weighted by Gasteiger charge is -2.29. The van der Waals surface area contributed by atoms with Crippen molar-refractivity contribution in [1.29, 1.82) is 0 Å². The Hall–Kier alpha value is -0.570. The van der Waals surface area contributed by atoms with Crippen LogP contribution in [0.2, 0.25) is 0 Å². The fraction of sp³-hybridized carbons (Fsp3) is 0.933. The zero-order valence-corrected chi connectivity index (χ0v) is 12.6. The molecule has 18 heavy (non-hydrogen) atoms. The summed E-state index contributed by atoms with van der Waals surface area (Å²) in [5.41, 5.74) is 5.62. The molecule has 0 aromatic rings. The normalized spacial score (nSPS) is 16.1. The maximum Gasteiger partial charge on any atom is 0.322 e. The van der Waals surface area contributed by atoms with Crippen LogP contribution in [-0.2, 0) is 9.53 Å². The molecule has 2 N–H and O–H groups in total. The molecule has 2 unspecified atom stereocenters. The van der Waals surface area contributed by atoms with Crippen LogP contribution in [0.4, 0.5) is 0 Å². The minimum atomic E-state index is -0.518. The fourth-order valence-corrected chi connectivity index (χ4v) is 2.23. The highest BCUT2D eigenvalue weighted by Gasteiger charge is 2.25. The first-order valence-electron chi connectivity index (χ1n) is 7.37. The quantitative estimate of drug-likeness (QED) is 0.480. The van der Waals surface area contributed by atoms with E-state index in [-0.39, 0.29) is 11.4 Å². The first-order valence-corrected chi connectivity index (χ1v) is 7.37. The second-order valence-electron chi connectivity index (χ2n) is 5.77. The maximum atomic E-state index is 11.4. The minimum absolute atomic E-state index is 0.118. The standard InChI is InChI=1S/C15H31NO2/c1-5-7-8-9-11-15(4,10-6-2)12-18-14(17)13(3)16/h13H,5-12,16H2,1-4H3. The van der Waals surface area contributed by atoms with Gasteiger partial charge in [-0.1, -0.05) is 52.9 Å². The molecule has 0 saturated heterocycles. The molecule has 0 aromatic heterocycles. The van der Waals surface area contributed by atoms with Crippen molar-refractivity contribution in [3.63, 3.8) is 0 Å². The summed E-state index contributed by atoms with van der Waals surface area (Å²) in [6, 6.07) is -0.518. The largest absolute Gasteiger partial charge is 0.464 e. The third-order valence-corrected chi connectivity index (χ3v) is 3.42. The first-order chi connectivity index (χ1) is 8.45. The van der Waals surface area contributed by atoms with Crippen LogP contribution >= 0.6 is 0 Å². The summed E-state index contributed by atoms with van der Waals surface area (Å²) in [5.74, 6) is -0.286. The third kappa shape index (κ3) is 7.70. The van der Waals surface area contributed by atoms with Crippen LogP contribution in [-0.4, -0.2) is 18.6 Å². The highest BCUT2D eigenvalue weighted by Crippen LogP contribution is 2.30. The van der Waals surface area contributed by atoms with E-state index in [1.54, 1.807) is 6.92 Å². The lowest BCUT2D eigenvalue weighted by molar-refractivity contribution is -0.148. The second-order valence-corrected chi connectivity index (χ2v) is 5.77. The summed E-state index contributed by atoms with van der Waals surface area (Å²) in [4.78, 5) is 11.4. The van der Waals surface area contributed by atoms with Crippen molar-refractivity contribution in [3.05, 3.63) is 0 Å². The van der Waals surface area contributed by atoms with Crippen molar-refractivity contribution in [2.45, 2.75) is 78.7 Å². The smallest absolute Gasteiger partial charge is 0.322 e. The Balaban J connectivity index is 4.11. The van der Waals surface area contributed by atoms with Crippen molar-refractivity contribution in [2.24, 2.45) is 11.1 Å². The van der Waals surface area contributed by atoms with Gasteiger partial charge in [0.2, 0.25) is 0 Å². The monoisotopic (exact) mass is 257 g/mol. The lowest BCUT2D eigenvalue weighted by atomic mass is 9.81. The van der Waals surface area contributed by atoms with Gasteiger partial charge in [0.1, 0.15) is 6.04 Å². The van der Waals surface area contributed by atoms with E-state index in [9.17, 15) is 4.79 Å². The van der Waals surface area contributed by atoms with Gasteiger partial charge < -0.3 is 10.5 Å². The Morgan fingerprint density at radius 2 is 1.83 bits per heavy atom. The molecule has 0 spiro atoms. The van der Waals surface area contributed by atoms with Crippen molar-refractivity contribution in [3.8, 4) is 0 Å². The Morgan fingerprint density at radius 1 is 1.17 bits per heavy atom. The van der Waals surface area contributed by atoms with Crippen LogP contribution in [0.5, 0.6) is 0 Å². The molecule has 0 radical (unpaired) electrons. The number of rotatable bonds is 10. The number of ether oxygens (including phenoxy) is 1. The molecular weight excluding hydrogens is 226 g/mol. The topological polar surface area (TPSA) is 52.3 Å². The molecule has 108 valence electrons. The van der Waals surface area contributed by atoms with Crippen molar-refractivity contribution >= 4 is 5.97 Å². The number of hydrogen-bond donors (Lipinski definition) is 1. The van der Waals surface area contributed by atoms with Crippen LogP contribution in [0.1, 0.15) is 72.6 Å². The van der Waals surface area contributed by atoms with Gasteiger partial charge in [-0.25, -0.2) is 0 Å². The molecule has 0 rings (SSSR count). The van der Waals surface area contributed by atoms with Crippen molar-refractivity contribution in [2.75, 3.05) is 6.61 Å². The van der Waals surface area contributed by atoms with Gasteiger partial charge in [-0.05, 0) is 19.8 Å². The summed E-state index contributed by atoms with van der Waals surface area (Å²) in [5, 5.41) is 0. The second kappa shape index (κ2) is 9.37. The predicted octanol–water partition coefficient (Wildman–Crippen LogP) is 3.65. The van der Waals surface area contributed by atoms with Gasteiger partial charge >= 0.3 is 5.97 Å². The van der Waals surface area contributed by atoms with Gasteiger partial charge in [0.05, 0.1) is 6.61 Å². The van der Waals surface area contributed by atoms with Gasteiger partial charge in [-0.15, -0.1) is 0 Å². The Kier molecular flexibility index (Phi) is 9.08. The van der Waals surface area contributed by atoms with Crippen LogP contribution in [0.15, 0.2) is 0 Å². The van der Waals surface area contributed by atoms with E-state index in [0.29, 0.717) is 6.61 Å². The van der Waals surface area contributed by atoms with Crippen LogP contribution in [0.3, 0.4) is 0 Å². The van der Waals surface area contributed by atoms with Crippen molar-refractivity contribution < 1.29 is 9.53 Å².